The van der Waals surface area contributed by atoms with Crippen molar-refractivity contribution in [3.63, 3.8) is 0 Å². The lowest BCUT2D eigenvalue weighted by atomic mass is 10.1. The second-order valence-electron chi connectivity index (χ2n) is 3.88. The standard InChI is InChI=1S/C12H10N2O3/c15-11-4-1-8-5-9(2-3-10(8)11)16-6-12-13-7-17-14-12/h2-3,5,7H,1,4,6H2. The van der Waals surface area contributed by atoms with Crippen LogP contribution in [0.1, 0.15) is 28.2 Å². The molecule has 0 unspecified atom stereocenters. The van der Waals surface area contributed by atoms with Crippen LogP contribution in [0, 0.1) is 0 Å². The van der Waals surface area contributed by atoms with Gasteiger partial charge in [-0.05, 0) is 30.2 Å². The van der Waals surface area contributed by atoms with E-state index in [1.807, 2.05) is 12.1 Å². The van der Waals surface area contributed by atoms with Gasteiger partial charge in [0.05, 0.1) is 0 Å². The van der Waals surface area contributed by atoms with Gasteiger partial charge in [-0.2, -0.15) is 4.98 Å². The smallest absolute Gasteiger partial charge is 0.213 e. The molecule has 0 fully saturated rings. The molecule has 2 aromatic rings. The van der Waals surface area contributed by atoms with Crippen molar-refractivity contribution in [1.82, 2.24) is 10.1 Å². The Labute approximate surface area is 97.4 Å². The Morgan fingerprint density at radius 2 is 2.29 bits per heavy atom. The molecule has 0 saturated carbocycles. The summed E-state index contributed by atoms with van der Waals surface area (Å²) in [6.07, 6.45) is 2.66. The summed E-state index contributed by atoms with van der Waals surface area (Å²) >= 11 is 0. The van der Waals surface area contributed by atoms with Crippen molar-refractivity contribution in [2.24, 2.45) is 0 Å². The molecule has 17 heavy (non-hydrogen) atoms. The van der Waals surface area contributed by atoms with Crippen molar-refractivity contribution < 1.29 is 14.1 Å². The Balaban J connectivity index is 1.74. The zero-order chi connectivity index (χ0) is 11.7. The molecule has 0 atom stereocenters. The summed E-state index contributed by atoms with van der Waals surface area (Å²) in [6.45, 7) is 0.267. The highest BCUT2D eigenvalue weighted by Gasteiger charge is 2.19. The highest BCUT2D eigenvalue weighted by Crippen LogP contribution is 2.26. The second kappa shape index (κ2) is 4.01. The number of hydrogen-bond acceptors (Lipinski definition) is 5. The van der Waals surface area contributed by atoms with Crippen LogP contribution >= 0.6 is 0 Å². The molecule has 1 aliphatic rings. The quantitative estimate of drug-likeness (QED) is 0.804. The van der Waals surface area contributed by atoms with E-state index in [0.29, 0.717) is 12.2 Å². The molecule has 1 aromatic heterocycles. The molecule has 1 aromatic carbocycles. The van der Waals surface area contributed by atoms with E-state index in [-0.39, 0.29) is 12.4 Å². The van der Waals surface area contributed by atoms with Gasteiger partial charge in [-0.1, -0.05) is 5.16 Å². The van der Waals surface area contributed by atoms with E-state index in [1.54, 1.807) is 6.07 Å². The number of nitrogens with zero attached hydrogens (tertiary/aromatic N) is 2. The van der Waals surface area contributed by atoms with E-state index in [1.165, 1.54) is 6.39 Å². The molecule has 0 N–H and O–H groups in total. The summed E-state index contributed by atoms with van der Waals surface area (Å²) in [6, 6.07) is 5.51. The number of carbonyl (C=O) groups excluding carboxylic acids is 1. The second-order valence-corrected chi connectivity index (χ2v) is 3.88. The number of fused-ring (bicyclic) bond motifs is 1. The Morgan fingerprint density at radius 3 is 3.12 bits per heavy atom. The number of aromatic nitrogens is 2. The summed E-state index contributed by atoms with van der Waals surface area (Å²) < 4.78 is 10.1. The third-order valence-electron chi connectivity index (χ3n) is 2.77. The summed E-state index contributed by atoms with van der Waals surface area (Å²) in [5, 5.41) is 3.65. The molecule has 0 amide bonds. The van der Waals surface area contributed by atoms with Crippen LogP contribution in [0.2, 0.25) is 0 Å². The lowest BCUT2D eigenvalue weighted by Crippen LogP contribution is -1.98. The zero-order valence-corrected chi connectivity index (χ0v) is 9.05. The number of carbonyl (C=O) groups is 1. The van der Waals surface area contributed by atoms with Crippen molar-refractivity contribution in [2.45, 2.75) is 19.4 Å². The van der Waals surface area contributed by atoms with Gasteiger partial charge < -0.3 is 9.26 Å². The first-order valence-corrected chi connectivity index (χ1v) is 5.37. The largest absolute Gasteiger partial charge is 0.485 e. The molecular weight excluding hydrogens is 220 g/mol. The fourth-order valence-electron chi connectivity index (χ4n) is 1.93. The number of hydrogen-bond donors (Lipinski definition) is 0. The first kappa shape index (κ1) is 10.0. The average Bonchev–Trinajstić information content (AvgIpc) is 2.97. The molecule has 5 heteroatoms. The summed E-state index contributed by atoms with van der Waals surface area (Å²) in [4.78, 5) is 15.3. The minimum Gasteiger partial charge on any atom is -0.485 e. The number of benzene rings is 1. The Morgan fingerprint density at radius 1 is 1.35 bits per heavy atom. The minimum atomic E-state index is 0.213. The van der Waals surface area contributed by atoms with Crippen molar-refractivity contribution in [2.75, 3.05) is 0 Å². The van der Waals surface area contributed by atoms with Gasteiger partial charge >= 0.3 is 0 Å². The zero-order valence-electron chi connectivity index (χ0n) is 9.05. The SMILES string of the molecule is O=C1CCc2cc(OCc3ncon3)ccc21. The first-order valence-electron chi connectivity index (χ1n) is 5.37. The van der Waals surface area contributed by atoms with Gasteiger partial charge in [0.25, 0.3) is 0 Å². The summed E-state index contributed by atoms with van der Waals surface area (Å²) in [7, 11) is 0. The molecule has 0 saturated heterocycles. The van der Waals surface area contributed by atoms with Gasteiger partial charge in [0.1, 0.15) is 5.75 Å². The van der Waals surface area contributed by atoms with Gasteiger partial charge in [-0.25, -0.2) is 0 Å². The van der Waals surface area contributed by atoms with Crippen LogP contribution in [0.25, 0.3) is 0 Å². The first-order chi connectivity index (χ1) is 8.33. The number of Topliss-reactive ketones (excluding diaryl/α,β-unsaturated/α-hetero) is 1. The molecule has 0 aliphatic heterocycles. The lowest BCUT2D eigenvalue weighted by molar-refractivity contribution is 0.0994. The normalized spacial score (nSPS) is 13.8. The van der Waals surface area contributed by atoms with Crippen molar-refractivity contribution in [1.29, 1.82) is 0 Å². The fourth-order valence-corrected chi connectivity index (χ4v) is 1.93. The topological polar surface area (TPSA) is 65.2 Å². The Kier molecular flexibility index (Phi) is 2.36. The van der Waals surface area contributed by atoms with Crippen LogP contribution in [0.5, 0.6) is 5.75 Å². The summed E-state index contributed by atoms with van der Waals surface area (Å²) in [5.41, 5.74) is 1.87. The molecule has 1 heterocycles. The fraction of sp³-hybridized carbons (Fsp3) is 0.250. The number of ether oxygens (including phenoxy) is 1. The predicted molar refractivity (Wildman–Crippen MR) is 57.7 cm³/mol. The third kappa shape index (κ3) is 1.91. The highest BCUT2D eigenvalue weighted by molar-refractivity contribution is 6.00. The lowest BCUT2D eigenvalue weighted by Gasteiger charge is -2.05. The van der Waals surface area contributed by atoms with Crippen molar-refractivity contribution in [3.8, 4) is 5.75 Å². The monoisotopic (exact) mass is 230 g/mol. The predicted octanol–water partition coefficient (Wildman–Crippen LogP) is 1.78. The van der Waals surface area contributed by atoms with Crippen LogP contribution in [0.4, 0.5) is 0 Å². The van der Waals surface area contributed by atoms with Gasteiger partial charge in [0.2, 0.25) is 12.2 Å². The molecule has 3 rings (SSSR count). The molecule has 86 valence electrons. The van der Waals surface area contributed by atoms with Crippen LogP contribution in [-0.4, -0.2) is 15.9 Å². The van der Waals surface area contributed by atoms with Gasteiger partial charge in [-0.15, -0.1) is 0 Å². The highest BCUT2D eigenvalue weighted by atomic mass is 16.5. The van der Waals surface area contributed by atoms with E-state index in [9.17, 15) is 4.79 Å². The van der Waals surface area contributed by atoms with Crippen molar-refractivity contribution in [3.05, 3.63) is 41.5 Å². The van der Waals surface area contributed by atoms with Gasteiger partial charge in [0, 0.05) is 12.0 Å². The van der Waals surface area contributed by atoms with E-state index in [4.69, 9.17) is 4.74 Å². The van der Waals surface area contributed by atoms with E-state index >= 15 is 0 Å². The maximum Gasteiger partial charge on any atom is 0.213 e. The number of aryl methyl sites for hydroxylation is 1. The van der Waals surface area contributed by atoms with Crippen molar-refractivity contribution >= 4 is 5.78 Å². The molecule has 0 spiro atoms. The van der Waals surface area contributed by atoms with E-state index < -0.39 is 0 Å². The van der Waals surface area contributed by atoms with Crippen LogP contribution in [-0.2, 0) is 13.0 Å². The van der Waals surface area contributed by atoms with Gasteiger partial charge in [-0.3, -0.25) is 4.79 Å². The third-order valence-corrected chi connectivity index (χ3v) is 2.77. The molecule has 0 bridgehead atoms. The maximum atomic E-state index is 11.4. The minimum absolute atomic E-state index is 0.213. The molecular formula is C12H10N2O3. The van der Waals surface area contributed by atoms with Crippen LogP contribution in [0.15, 0.2) is 29.1 Å². The average molecular weight is 230 g/mol. The van der Waals surface area contributed by atoms with Gasteiger partial charge in [0.15, 0.2) is 12.4 Å². The van der Waals surface area contributed by atoms with Crippen LogP contribution < -0.4 is 4.74 Å². The Hall–Kier alpha value is -2.17. The molecule has 5 nitrogen and oxygen atoms in total. The Bertz CT molecular complexity index is 549. The maximum absolute atomic E-state index is 11.4. The van der Waals surface area contributed by atoms with E-state index in [0.717, 1.165) is 23.3 Å². The molecule has 1 aliphatic carbocycles. The number of rotatable bonds is 3. The van der Waals surface area contributed by atoms with E-state index in [2.05, 4.69) is 14.7 Å². The van der Waals surface area contributed by atoms with Crippen LogP contribution in [0.3, 0.4) is 0 Å². The number of ketones is 1. The summed E-state index contributed by atoms with van der Waals surface area (Å²) in [5.74, 6) is 1.44. The molecule has 0 radical (unpaired) electrons.